The minimum Gasteiger partial charge on any atom is -0.466 e. The molecule has 0 aliphatic carbocycles. The highest BCUT2D eigenvalue weighted by Crippen LogP contribution is 2.23. The van der Waals surface area contributed by atoms with Gasteiger partial charge in [-0.05, 0) is 62.2 Å². The monoisotopic (exact) mass is 482 g/mol. The smallest absolute Gasteiger partial charge is 0.306 e. The number of esters is 2. The van der Waals surface area contributed by atoms with Gasteiger partial charge < -0.3 is 9.47 Å². The molecule has 0 amide bonds. The quantitative estimate of drug-likeness (QED) is 0.108. The number of hydrogen-bond acceptors (Lipinski definition) is 4. The molecule has 0 aliphatic heterocycles. The Morgan fingerprint density at radius 2 is 0.971 bits per heavy atom. The molecule has 4 heteroatoms. The summed E-state index contributed by atoms with van der Waals surface area (Å²) < 4.78 is 10.7. The zero-order valence-electron chi connectivity index (χ0n) is 23.7. The largest absolute Gasteiger partial charge is 0.466 e. The Morgan fingerprint density at radius 1 is 0.529 bits per heavy atom. The molecule has 0 radical (unpaired) electrons. The van der Waals surface area contributed by atoms with Gasteiger partial charge in [-0.25, -0.2) is 0 Å². The third-order valence-electron chi connectivity index (χ3n) is 6.71. The second kappa shape index (κ2) is 22.4. The third-order valence-corrected chi connectivity index (χ3v) is 6.71. The number of carbonyl (C=O) groups is 2. The summed E-state index contributed by atoms with van der Waals surface area (Å²) in [5.41, 5.74) is 0. The van der Waals surface area contributed by atoms with Crippen molar-refractivity contribution in [1.29, 1.82) is 0 Å². The van der Waals surface area contributed by atoms with E-state index in [9.17, 15) is 9.59 Å². The SMILES string of the molecule is CC(C)CCCOC(=O)CCCCCCCCCCCC(CC(=O)OCCCC(C)C)C(C)C. The van der Waals surface area contributed by atoms with Gasteiger partial charge in [0, 0.05) is 12.8 Å². The van der Waals surface area contributed by atoms with Gasteiger partial charge in [-0.2, -0.15) is 0 Å². The van der Waals surface area contributed by atoms with Crippen molar-refractivity contribution in [3.05, 3.63) is 0 Å². The topological polar surface area (TPSA) is 52.6 Å². The van der Waals surface area contributed by atoms with Crippen molar-refractivity contribution >= 4 is 11.9 Å². The zero-order chi connectivity index (χ0) is 25.6. The maximum atomic E-state index is 12.2. The summed E-state index contributed by atoms with van der Waals surface area (Å²) in [7, 11) is 0. The number of hydrogen-bond donors (Lipinski definition) is 0. The van der Waals surface area contributed by atoms with Gasteiger partial charge in [-0.3, -0.25) is 9.59 Å². The molecular weight excluding hydrogens is 424 g/mol. The molecule has 0 rings (SSSR count). The summed E-state index contributed by atoms with van der Waals surface area (Å²) in [4.78, 5) is 23.9. The molecule has 0 aromatic heterocycles. The van der Waals surface area contributed by atoms with Gasteiger partial charge in [0.1, 0.15) is 0 Å². The van der Waals surface area contributed by atoms with Gasteiger partial charge in [-0.1, -0.05) is 92.9 Å². The Morgan fingerprint density at radius 3 is 1.44 bits per heavy atom. The van der Waals surface area contributed by atoms with Crippen LogP contribution >= 0.6 is 0 Å². The van der Waals surface area contributed by atoms with Crippen LogP contribution in [0.1, 0.15) is 144 Å². The predicted molar refractivity (Wildman–Crippen MR) is 144 cm³/mol. The summed E-state index contributed by atoms with van der Waals surface area (Å²) in [6.07, 6.45) is 17.4. The first-order valence-corrected chi connectivity index (χ1v) is 14.5. The van der Waals surface area contributed by atoms with Crippen LogP contribution in [0.3, 0.4) is 0 Å². The van der Waals surface area contributed by atoms with Crippen LogP contribution in [0.25, 0.3) is 0 Å². The van der Waals surface area contributed by atoms with Crippen molar-refractivity contribution in [3.8, 4) is 0 Å². The van der Waals surface area contributed by atoms with Crippen molar-refractivity contribution in [2.75, 3.05) is 13.2 Å². The minimum atomic E-state index is -0.0251. The van der Waals surface area contributed by atoms with Crippen molar-refractivity contribution < 1.29 is 19.1 Å². The maximum Gasteiger partial charge on any atom is 0.306 e. The zero-order valence-corrected chi connectivity index (χ0v) is 23.7. The van der Waals surface area contributed by atoms with Gasteiger partial charge in [0.05, 0.1) is 13.2 Å². The molecule has 1 atom stereocenters. The predicted octanol–water partition coefficient (Wildman–Crippen LogP) is 8.90. The summed E-state index contributed by atoms with van der Waals surface area (Å²) >= 11 is 0. The molecule has 1 unspecified atom stereocenters. The highest BCUT2D eigenvalue weighted by molar-refractivity contribution is 5.69. The lowest BCUT2D eigenvalue weighted by Gasteiger charge is -2.20. The maximum absolute atomic E-state index is 12.2. The Balaban J connectivity index is 3.59. The normalized spacial score (nSPS) is 12.5. The van der Waals surface area contributed by atoms with E-state index in [1.807, 2.05) is 0 Å². The van der Waals surface area contributed by atoms with Crippen molar-refractivity contribution in [1.82, 2.24) is 0 Å². The molecule has 34 heavy (non-hydrogen) atoms. The number of ether oxygens (including phenoxy) is 2. The van der Waals surface area contributed by atoms with E-state index in [1.54, 1.807) is 0 Å². The summed E-state index contributed by atoms with van der Waals surface area (Å²) in [6, 6.07) is 0. The van der Waals surface area contributed by atoms with Crippen LogP contribution in [0, 0.1) is 23.7 Å². The van der Waals surface area contributed by atoms with Crippen LogP contribution in [0.15, 0.2) is 0 Å². The molecule has 4 nitrogen and oxygen atoms in total. The lowest BCUT2D eigenvalue weighted by molar-refractivity contribution is -0.145. The van der Waals surface area contributed by atoms with Crippen LogP contribution in [0.2, 0.25) is 0 Å². The summed E-state index contributed by atoms with van der Waals surface area (Å²) in [5, 5.41) is 0. The molecule has 0 saturated heterocycles. The minimum absolute atomic E-state index is 0.0122. The van der Waals surface area contributed by atoms with Gasteiger partial charge >= 0.3 is 11.9 Å². The number of unbranched alkanes of at least 4 members (excludes halogenated alkanes) is 8. The Bertz CT molecular complexity index is 484. The van der Waals surface area contributed by atoms with E-state index in [4.69, 9.17) is 9.47 Å². The molecule has 202 valence electrons. The molecular formula is C30H58O4. The molecule has 0 N–H and O–H groups in total. The Kier molecular flexibility index (Phi) is 21.7. The molecule has 0 saturated carbocycles. The van der Waals surface area contributed by atoms with Gasteiger partial charge in [-0.15, -0.1) is 0 Å². The molecule has 0 aromatic rings. The van der Waals surface area contributed by atoms with Gasteiger partial charge in [0.25, 0.3) is 0 Å². The van der Waals surface area contributed by atoms with E-state index in [2.05, 4.69) is 41.5 Å². The summed E-state index contributed by atoms with van der Waals surface area (Å²) in [5.74, 6) is 2.28. The second-order valence-electron chi connectivity index (χ2n) is 11.4. The fourth-order valence-corrected chi connectivity index (χ4v) is 4.28. The van der Waals surface area contributed by atoms with Crippen LogP contribution in [0.5, 0.6) is 0 Å². The van der Waals surface area contributed by atoms with E-state index in [1.165, 1.54) is 44.9 Å². The fraction of sp³-hybridized carbons (Fsp3) is 0.933. The Labute approximate surface area is 212 Å². The molecule has 0 bridgehead atoms. The second-order valence-corrected chi connectivity index (χ2v) is 11.4. The van der Waals surface area contributed by atoms with Crippen LogP contribution in [-0.2, 0) is 19.1 Å². The average molecular weight is 483 g/mol. The van der Waals surface area contributed by atoms with Gasteiger partial charge in [0.15, 0.2) is 0 Å². The molecule has 0 spiro atoms. The van der Waals surface area contributed by atoms with Gasteiger partial charge in [0.2, 0.25) is 0 Å². The highest BCUT2D eigenvalue weighted by Gasteiger charge is 2.18. The molecule has 0 aliphatic rings. The van der Waals surface area contributed by atoms with E-state index in [0.29, 0.717) is 49.7 Å². The number of carbonyl (C=O) groups excluding carboxylic acids is 2. The van der Waals surface area contributed by atoms with E-state index >= 15 is 0 Å². The summed E-state index contributed by atoms with van der Waals surface area (Å²) in [6.45, 7) is 14.4. The first kappa shape index (κ1) is 32.9. The molecule has 0 aromatic carbocycles. The van der Waals surface area contributed by atoms with E-state index < -0.39 is 0 Å². The standard InChI is InChI=1S/C30H58O4/c1-25(2)18-16-22-33-29(31)21-15-13-11-9-7-8-10-12-14-20-28(27(5)6)24-30(32)34-23-17-19-26(3)4/h25-28H,7-24H2,1-6H3. The van der Waals surface area contributed by atoms with Crippen molar-refractivity contribution in [3.63, 3.8) is 0 Å². The van der Waals surface area contributed by atoms with Crippen molar-refractivity contribution in [2.24, 2.45) is 23.7 Å². The lowest BCUT2D eigenvalue weighted by atomic mass is 9.87. The highest BCUT2D eigenvalue weighted by atomic mass is 16.5. The van der Waals surface area contributed by atoms with Crippen LogP contribution < -0.4 is 0 Å². The van der Waals surface area contributed by atoms with Crippen LogP contribution in [-0.4, -0.2) is 25.2 Å². The van der Waals surface area contributed by atoms with Crippen molar-refractivity contribution in [2.45, 2.75) is 144 Å². The third kappa shape index (κ3) is 22.7. The molecule has 0 fully saturated rings. The fourth-order valence-electron chi connectivity index (χ4n) is 4.28. The Hall–Kier alpha value is -1.06. The first-order valence-electron chi connectivity index (χ1n) is 14.5. The first-order chi connectivity index (χ1) is 16.2. The van der Waals surface area contributed by atoms with Crippen LogP contribution in [0.4, 0.5) is 0 Å². The van der Waals surface area contributed by atoms with E-state index in [0.717, 1.165) is 44.9 Å². The lowest BCUT2D eigenvalue weighted by Crippen LogP contribution is -2.17. The molecule has 0 heterocycles. The number of rotatable bonds is 23. The average Bonchev–Trinajstić information content (AvgIpc) is 2.76. The van der Waals surface area contributed by atoms with E-state index in [-0.39, 0.29) is 11.9 Å².